The standard InChI is InChI=1S/C23H22N6O5/c1-31-18-10-16(11-19(32-2)22(18)33-3)28-23(30)27-15-4-6-17(7-5-15)34-21-12-20(25-13-26-21)29-9-8-24-14-29/h4-14H,1-3H3,(H2,27,28,30). The molecule has 0 spiro atoms. The molecule has 4 rings (SSSR count). The maximum atomic E-state index is 12.5. The van der Waals surface area contributed by atoms with Gasteiger partial charge in [-0.3, -0.25) is 4.57 Å². The number of hydrogen-bond acceptors (Lipinski definition) is 8. The van der Waals surface area contributed by atoms with E-state index in [1.807, 2.05) is 0 Å². The first kappa shape index (κ1) is 22.4. The summed E-state index contributed by atoms with van der Waals surface area (Å²) in [4.78, 5) is 24.8. The minimum Gasteiger partial charge on any atom is -0.493 e. The summed E-state index contributed by atoms with van der Waals surface area (Å²) in [5.41, 5.74) is 1.04. The average molecular weight is 462 g/mol. The lowest BCUT2D eigenvalue weighted by molar-refractivity contribution is 0.262. The number of aromatic nitrogens is 4. The van der Waals surface area contributed by atoms with Crippen LogP contribution in [0.4, 0.5) is 16.2 Å². The predicted molar refractivity (Wildman–Crippen MR) is 124 cm³/mol. The maximum absolute atomic E-state index is 12.5. The number of carbonyl (C=O) groups excluding carboxylic acids is 1. The summed E-state index contributed by atoms with van der Waals surface area (Å²) in [5.74, 6) is 2.85. The molecular formula is C23H22N6O5. The number of carbonyl (C=O) groups is 1. The molecule has 0 fully saturated rings. The number of anilines is 2. The highest BCUT2D eigenvalue weighted by Gasteiger charge is 2.14. The Morgan fingerprint density at radius 3 is 2.21 bits per heavy atom. The van der Waals surface area contributed by atoms with E-state index in [0.29, 0.717) is 46.1 Å². The van der Waals surface area contributed by atoms with Crippen molar-refractivity contribution in [2.75, 3.05) is 32.0 Å². The van der Waals surface area contributed by atoms with Crippen LogP contribution in [0.15, 0.2) is 67.5 Å². The van der Waals surface area contributed by atoms with Gasteiger partial charge in [-0.15, -0.1) is 0 Å². The Morgan fingerprint density at radius 2 is 1.59 bits per heavy atom. The van der Waals surface area contributed by atoms with Gasteiger partial charge in [0.15, 0.2) is 11.5 Å². The van der Waals surface area contributed by atoms with Crippen LogP contribution in [-0.2, 0) is 0 Å². The van der Waals surface area contributed by atoms with Crippen LogP contribution in [0.1, 0.15) is 0 Å². The average Bonchev–Trinajstić information content (AvgIpc) is 3.40. The SMILES string of the molecule is COc1cc(NC(=O)Nc2ccc(Oc3cc(-n4ccnc4)ncn3)cc2)cc(OC)c1OC. The van der Waals surface area contributed by atoms with Gasteiger partial charge < -0.3 is 29.6 Å². The quantitative estimate of drug-likeness (QED) is 0.401. The largest absolute Gasteiger partial charge is 0.493 e. The Kier molecular flexibility index (Phi) is 6.73. The monoisotopic (exact) mass is 462 g/mol. The third kappa shape index (κ3) is 5.15. The molecule has 2 aromatic heterocycles. The van der Waals surface area contributed by atoms with Crippen molar-refractivity contribution in [3.63, 3.8) is 0 Å². The van der Waals surface area contributed by atoms with Crippen molar-refractivity contribution in [2.45, 2.75) is 0 Å². The van der Waals surface area contributed by atoms with Crippen LogP contribution < -0.4 is 29.6 Å². The molecule has 2 amide bonds. The highest BCUT2D eigenvalue weighted by molar-refractivity contribution is 6.00. The lowest BCUT2D eigenvalue weighted by Crippen LogP contribution is -2.19. The molecule has 2 heterocycles. The molecule has 4 aromatic rings. The van der Waals surface area contributed by atoms with Crippen molar-refractivity contribution in [3.05, 3.63) is 67.5 Å². The summed E-state index contributed by atoms with van der Waals surface area (Å²) in [6, 6.07) is 11.4. The Hall–Kier alpha value is -4.80. The molecule has 0 aliphatic heterocycles. The molecule has 174 valence electrons. The van der Waals surface area contributed by atoms with Crippen molar-refractivity contribution in [1.29, 1.82) is 0 Å². The van der Waals surface area contributed by atoms with E-state index >= 15 is 0 Å². The van der Waals surface area contributed by atoms with E-state index < -0.39 is 6.03 Å². The Balaban J connectivity index is 1.39. The molecule has 0 aliphatic carbocycles. The van der Waals surface area contributed by atoms with Gasteiger partial charge in [0.1, 0.15) is 24.2 Å². The van der Waals surface area contributed by atoms with Crippen LogP contribution >= 0.6 is 0 Å². The number of nitrogens with one attached hydrogen (secondary N) is 2. The van der Waals surface area contributed by atoms with Gasteiger partial charge >= 0.3 is 6.03 Å². The van der Waals surface area contributed by atoms with Crippen LogP contribution in [0.5, 0.6) is 28.9 Å². The van der Waals surface area contributed by atoms with Crippen molar-refractivity contribution in [3.8, 4) is 34.7 Å². The third-order valence-corrected chi connectivity index (χ3v) is 4.65. The number of rotatable bonds is 8. The highest BCUT2D eigenvalue weighted by atomic mass is 16.5. The Bertz CT molecular complexity index is 1240. The summed E-state index contributed by atoms with van der Waals surface area (Å²) < 4.78 is 23.4. The Labute approximate surface area is 195 Å². The normalized spacial score (nSPS) is 10.3. The molecule has 0 unspecified atom stereocenters. The molecule has 2 aromatic carbocycles. The van der Waals surface area contributed by atoms with Crippen molar-refractivity contribution < 1.29 is 23.7 Å². The van der Waals surface area contributed by atoms with Crippen molar-refractivity contribution in [1.82, 2.24) is 19.5 Å². The van der Waals surface area contributed by atoms with Crippen LogP contribution in [0, 0.1) is 0 Å². The summed E-state index contributed by atoms with van der Waals surface area (Å²) in [6.45, 7) is 0. The summed E-state index contributed by atoms with van der Waals surface area (Å²) in [7, 11) is 4.52. The van der Waals surface area contributed by atoms with E-state index in [2.05, 4.69) is 25.6 Å². The fourth-order valence-corrected chi connectivity index (χ4v) is 3.10. The number of ether oxygens (including phenoxy) is 4. The van der Waals surface area contributed by atoms with Crippen molar-refractivity contribution >= 4 is 17.4 Å². The maximum Gasteiger partial charge on any atom is 0.323 e. The number of imidazole rings is 1. The minimum absolute atomic E-state index is 0.375. The molecule has 0 atom stereocenters. The van der Waals surface area contributed by atoms with Gasteiger partial charge in [-0.05, 0) is 24.3 Å². The molecular weight excluding hydrogens is 440 g/mol. The molecule has 11 nitrogen and oxygen atoms in total. The first-order chi connectivity index (χ1) is 16.6. The van der Waals surface area contributed by atoms with E-state index in [1.54, 1.807) is 65.8 Å². The number of hydrogen-bond donors (Lipinski definition) is 2. The molecule has 2 N–H and O–H groups in total. The first-order valence-corrected chi connectivity index (χ1v) is 10.1. The lowest BCUT2D eigenvalue weighted by atomic mass is 10.2. The van der Waals surface area contributed by atoms with Crippen molar-refractivity contribution in [2.24, 2.45) is 0 Å². The molecule has 0 saturated carbocycles. The molecule has 0 aliphatic rings. The van der Waals surface area contributed by atoms with Gasteiger partial charge in [0.25, 0.3) is 0 Å². The van der Waals surface area contributed by atoms with Gasteiger partial charge in [-0.2, -0.15) is 0 Å². The number of nitrogens with zero attached hydrogens (tertiary/aromatic N) is 4. The van der Waals surface area contributed by atoms with Crippen LogP contribution in [0.25, 0.3) is 5.82 Å². The first-order valence-electron chi connectivity index (χ1n) is 10.1. The smallest absolute Gasteiger partial charge is 0.323 e. The highest BCUT2D eigenvalue weighted by Crippen LogP contribution is 2.40. The van der Waals surface area contributed by atoms with E-state index in [1.165, 1.54) is 27.7 Å². The second-order valence-electron chi connectivity index (χ2n) is 6.80. The topological polar surface area (TPSA) is 122 Å². The second kappa shape index (κ2) is 10.2. The van der Waals surface area contributed by atoms with Crippen LogP contribution in [-0.4, -0.2) is 46.9 Å². The van der Waals surface area contributed by atoms with Gasteiger partial charge in [0.05, 0.1) is 27.0 Å². The minimum atomic E-state index is -0.441. The summed E-state index contributed by atoms with van der Waals surface area (Å²) >= 11 is 0. The van der Waals surface area contributed by atoms with E-state index in [0.717, 1.165) is 0 Å². The number of urea groups is 1. The van der Waals surface area contributed by atoms with Gasteiger partial charge in [0.2, 0.25) is 11.6 Å². The van der Waals surface area contributed by atoms with E-state index in [-0.39, 0.29) is 0 Å². The molecule has 11 heteroatoms. The van der Waals surface area contributed by atoms with Crippen LogP contribution in [0.3, 0.4) is 0 Å². The fraction of sp³-hybridized carbons (Fsp3) is 0.130. The van der Waals surface area contributed by atoms with Gasteiger partial charge in [-0.1, -0.05) is 0 Å². The lowest BCUT2D eigenvalue weighted by Gasteiger charge is -2.15. The second-order valence-corrected chi connectivity index (χ2v) is 6.80. The molecule has 34 heavy (non-hydrogen) atoms. The van der Waals surface area contributed by atoms with E-state index in [9.17, 15) is 4.79 Å². The number of amides is 2. The summed E-state index contributed by atoms with van der Waals surface area (Å²) in [6.07, 6.45) is 6.48. The Morgan fingerprint density at radius 1 is 0.882 bits per heavy atom. The molecule has 0 radical (unpaired) electrons. The predicted octanol–water partition coefficient (Wildman–Crippen LogP) is 4.12. The zero-order chi connectivity index (χ0) is 23.9. The fourth-order valence-electron chi connectivity index (χ4n) is 3.10. The zero-order valence-electron chi connectivity index (χ0n) is 18.7. The number of benzene rings is 2. The number of methoxy groups -OCH3 is 3. The summed E-state index contributed by atoms with van der Waals surface area (Å²) in [5, 5.41) is 5.50. The van der Waals surface area contributed by atoms with E-state index in [4.69, 9.17) is 18.9 Å². The van der Waals surface area contributed by atoms with Gasteiger partial charge in [-0.25, -0.2) is 19.7 Å². The van der Waals surface area contributed by atoms with Gasteiger partial charge in [0, 0.05) is 36.3 Å². The zero-order valence-corrected chi connectivity index (χ0v) is 18.7. The molecule has 0 bridgehead atoms. The third-order valence-electron chi connectivity index (χ3n) is 4.65. The molecule has 0 saturated heterocycles. The van der Waals surface area contributed by atoms with Crippen LogP contribution in [0.2, 0.25) is 0 Å².